The molecule has 0 bridgehead atoms. The van der Waals surface area contributed by atoms with E-state index >= 15 is 0 Å². The molecule has 1 fully saturated rings. The molecule has 1 aromatic heterocycles. The zero-order valence-electron chi connectivity index (χ0n) is 11.1. The van der Waals surface area contributed by atoms with E-state index in [-0.39, 0.29) is 0 Å². The number of nitrogens with one attached hydrogen (secondary N) is 1. The van der Waals surface area contributed by atoms with Crippen LogP contribution in [0.4, 0.5) is 0 Å². The standard InChI is InChI=1S/C13H23N3S/c1-4-10-6-5-7-11(8-10)12(14-3)13-9(2)15-16-17-13/h10-12,14H,4-8H2,1-3H3. The SMILES string of the molecule is CCC1CCCC(C(NC)c2snnc2C)C1. The number of aromatic nitrogens is 2. The van der Waals surface area contributed by atoms with E-state index in [2.05, 4.69) is 35.8 Å². The summed E-state index contributed by atoms with van der Waals surface area (Å²) in [7, 11) is 2.07. The fourth-order valence-electron chi connectivity index (χ4n) is 3.11. The first-order chi connectivity index (χ1) is 8.26. The normalized spacial score (nSPS) is 27.0. The summed E-state index contributed by atoms with van der Waals surface area (Å²) < 4.78 is 4.08. The molecule has 17 heavy (non-hydrogen) atoms. The number of aryl methyl sites for hydroxylation is 1. The van der Waals surface area contributed by atoms with Crippen LogP contribution >= 0.6 is 11.5 Å². The monoisotopic (exact) mass is 253 g/mol. The summed E-state index contributed by atoms with van der Waals surface area (Å²) in [4.78, 5) is 1.34. The molecular formula is C13H23N3S. The Kier molecular flexibility index (Phi) is 4.51. The maximum Gasteiger partial charge on any atom is 0.0772 e. The Bertz CT molecular complexity index is 350. The van der Waals surface area contributed by atoms with Crippen molar-refractivity contribution in [1.29, 1.82) is 0 Å². The van der Waals surface area contributed by atoms with Crippen LogP contribution in [0.2, 0.25) is 0 Å². The first-order valence-electron chi connectivity index (χ1n) is 6.72. The zero-order chi connectivity index (χ0) is 12.3. The minimum absolute atomic E-state index is 0.462. The third-order valence-electron chi connectivity index (χ3n) is 4.15. The van der Waals surface area contributed by atoms with E-state index in [1.807, 2.05) is 0 Å². The zero-order valence-corrected chi connectivity index (χ0v) is 11.9. The van der Waals surface area contributed by atoms with Crippen LogP contribution in [0.1, 0.15) is 55.6 Å². The lowest BCUT2D eigenvalue weighted by Crippen LogP contribution is -2.29. The van der Waals surface area contributed by atoms with Crippen LogP contribution in [-0.2, 0) is 0 Å². The molecule has 0 aromatic carbocycles. The van der Waals surface area contributed by atoms with Crippen molar-refractivity contribution in [3.63, 3.8) is 0 Å². The van der Waals surface area contributed by atoms with Crippen molar-refractivity contribution < 1.29 is 0 Å². The Morgan fingerprint density at radius 3 is 2.88 bits per heavy atom. The minimum atomic E-state index is 0.462. The lowest BCUT2D eigenvalue weighted by Gasteiger charge is -2.33. The number of hydrogen-bond acceptors (Lipinski definition) is 4. The van der Waals surface area contributed by atoms with Crippen molar-refractivity contribution in [2.45, 2.75) is 52.0 Å². The number of rotatable bonds is 4. The molecule has 3 nitrogen and oxygen atoms in total. The first-order valence-corrected chi connectivity index (χ1v) is 7.49. The number of hydrogen-bond donors (Lipinski definition) is 1. The average Bonchev–Trinajstić information content (AvgIpc) is 2.77. The van der Waals surface area contributed by atoms with Gasteiger partial charge in [0, 0.05) is 6.04 Å². The molecule has 3 unspecified atom stereocenters. The molecule has 0 spiro atoms. The lowest BCUT2D eigenvalue weighted by molar-refractivity contribution is 0.216. The smallest absolute Gasteiger partial charge is 0.0772 e. The summed E-state index contributed by atoms with van der Waals surface area (Å²) in [6.07, 6.45) is 6.83. The fraction of sp³-hybridized carbons (Fsp3) is 0.846. The van der Waals surface area contributed by atoms with E-state index in [0.29, 0.717) is 6.04 Å². The van der Waals surface area contributed by atoms with Crippen molar-refractivity contribution in [2.75, 3.05) is 7.05 Å². The van der Waals surface area contributed by atoms with Crippen LogP contribution in [-0.4, -0.2) is 16.6 Å². The van der Waals surface area contributed by atoms with Crippen LogP contribution in [0.15, 0.2) is 0 Å². The van der Waals surface area contributed by atoms with Gasteiger partial charge in [0.2, 0.25) is 0 Å². The van der Waals surface area contributed by atoms with E-state index in [1.54, 1.807) is 11.5 Å². The molecule has 1 N–H and O–H groups in total. The lowest BCUT2D eigenvalue weighted by atomic mass is 9.76. The second kappa shape index (κ2) is 5.91. The molecule has 0 aliphatic heterocycles. The summed E-state index contributed by atoms with van der Waals surface area (Å²) >= 11 is 1.56. The molecular weight excluding hydrogens is 230 g/mol. The second-order valence-electron chi connectivity index (χ2n) is 5.19. The topological polar surface area (TPSA) is 37.8 Å². The quantitative estimate of drug-likeness (QED) is 0.894. The summed E-state index contributed by atoms with van der Waals surface area (Å²) in [5.74, 6) is 1.69. The summed E-state index contributed by atoms with van der Waals surface area (Å²) in [5.41, 5.74) is 1.10. The van der Waals surface area contributed by atoms with Crippen LogP contribution in [0.25, 0.3) is 0 Å². The molecule has 0 radical (unpaired) electrons. The molecule has 1 aliphatic rings. The highest BCUT2D eigenvalue weighted by molar-refractivity contribution is 7.05. The van der Waals surface area contributed by atoms with Gasteiger partial charge >= 0.3 is 0 Å². The predicted molar refractivity (Wildman–Crippen MR) is 72.2 cm³/mol. The third-order valence-corrected chi connectivity index (χ3v) is 5.06. The number of nitrogens with zero attached hydrogens (tertiary/aromatic N) is 2. The molecule has 3 atom stereocenters. The maximum absolute atomic E-state index is 4.15. The average molecular weight is 253 g/mol. The molecule has 96 valence electrons. The van der Waals surface area contributed by atoms with Gasteiger partial charge in [-0.1, -0.05) is 30.7 Å². The van der Waals surface area contributed by atoms with Gasteiger partial charge in [0.15, 0.2) is 0 Å². The highest BCUT2D eigenvalue weighted by Crippen LogP contribution is 2.39. The van der Waals surface area contributed by atoms with E-state index in [0.717, 1.165) is 17.5 Å². The Labute approximate surface area is 108 Å². The van der Waals surface area contributed by atoms with Gasteiger partial charge in [0.1, 0.15) is 0 Å². The maximum atomic E-state index is 4.15. The van der Waals surface area contributed by atoms with Gasteiger partial charge in [-0.15, -0.1) is 5.10 Å². The summed E-state index contributed by atoms with van der Waals surface area (Å²) in [6.45, 7) is 4.39. The van der Waals surface area contributed by atoms with E-state index in [1.165, 1.54) is 37.0 Å². The highest BCUT2D eigenvalue weighted by atomic mass is 32.1. The Morgan fingerprint density at radius 2 is 2.29 bits per heavy atom. The van der Waals surface area contributed by atoms with Crippen molar-refractivity contribution in [3.8, 4) is 0 Å². The van der Waals surface area contributed by atoms with Crippen LogP contribution in [0.5, 0.6) is 0 Å². The van der Waals surface area contributed by atoms with E-state index in [4.69, 9.17) is 0 Å². The van der Waals surface area contributed by atoms with Crippen molar-refractivity contribution in [2.24, 2.45) is 11.8 Å². The molecule has 0 amide bonds. The fourth-order valence-corrected chi connectivity index (χ4v) is 3.96. The molecule has 4 heteroatoms. The largest absolute Gasteiger partial charge is 0.312 e. The van der Waals surface area contributed by atoms with E-state index in [9.17, 15) is 0 Å². The molecule has 2 rings (SSSR count). The Morgan fingerprint density at radius 1 is 1.47 bits per heavy atom. The Hall–Kier alpha value is -0.480. The molecule has 1 saturated carbocycles. The molecule has 0 saturated heterocycles. The van der Waals surface area contributed by atoms with Gasteiger partial charge in [-0.3, -0.25) is 0 Å². The van der Waals surface area contributed by atoms with Gasteiger partial charge < -0.3 is 5.32 Å². The van der Waals surface area contributed by atoms with E-state index < -0.39 is 0 Å². The predicted octanol–water partition coefficient (Wildman–Crippen LogP) is 3.32. The first kappa shape index (κ1) is 13.0. The van der Waals surface area contributed by atoms with Crippen LogP contribution in [0, 0.1) is 18.8 Å². The van der Waals surface area contributed by atoms with Gasteiger partial charge in [0.05, 0.1) is 10.6 Å². The van der Waals surface area contributed by atoms with Crippen molar-refractivity contribution in [3.05, 3.63) is 10.6 Å². The van der Waals surface area contributed by atoms with Gasteiger partial charge in [-0.25, -0.2) is 0 Å². The summed E-state index contributed by atoms with van der Waals surface area (Å²) in [6, 6.07) is 0.462. The second-order valence-corrected chi connectivity index (χ2v) is 5.98. The molecule has 1 aromatic rings. The van der Waals surface area contributed by atoms with Crippen LogP contribution < -0.4 is 5.32 Å². The Balaban J connectivity index is 2.10. The third kappa shape index (κ3) is 2.86. The van der Waals surface area contributed by atoms with Crippen molar-refractivity contribution in [1.82, 2.24) is 14.9 Å². The molecule has 1 heterocycles. The van der Waals surface area contributed by atoms with Gasteiger partial charge in [-0.05, 0) is 50.2 Å². The summed E-state index contributed by atoms with van der Waals surface area (Å²) in [5, 5.41) is 7.64. The minimum Gasteiger partial charge on any atom is -0.312 e. The molecule has 1 aliphatic carbocycles. The highest BCUT2D eigenvalue weighted by Gasteiger charge is 2.30. The van der Waals surface area contributed by atoms with Crippen LogP contribution in [0.3, 0.4) is 0 Å². The van der Waals surface area contributed by atoms with Gasteiger partial charge in [-0.2, -0.15) is 0 Å². The van der Waals surface area contributed by atoms with Crippen molar-refractivity contribution >= 4 is 11.5 Å². The van der Waals surface area contributed by atoms with Gasteiger partial charge in [0.25, 0.3) is 0 Å².